The lowest BCUT2D eigenvalue weighted by atomic mass is 9.93. The van der Waals surface area contributed by atoms with Crippen LogP contribution in [0.2, 0.25) is 0 Å². The van der Waals surface area contributed by atoms with Crippen molar-refractivity contribution in [3.8, 4) is 5.75 Å². The van der Waals surface area contributed by atoms with E-state index in [4.69, 9.17) is 4.74 Å². The molecule has 0 saturated carbocycles. The molecule has 0 aliphatic carbocycles. The van der Waals surface area contributed by atoms with Gasteiger partial charge in [-0.25, -0.2) is 0 Å². The largest absolute Gasteiger partial charge is 0.493 e. The number of para-hydroxylation sites is 1. The molecular formula is C14H15NO. The van der Waals surface area contributed by atoms with Crippen molar-refractivity contribution in [3.63, 3.8) is 0 Å². The van der Waals surface area contributed by atoms with Gasteiger partial charge in [-0.3, -0.25) is 0 Å². The van der Waals surface area contributed by atoms with Gasteiger partial charge in [-0.05, 0) is 30.2 Å². The van der Waals surface area contributed by atoms with E-state index >= 15 is 0 Å². The Morgan fingerprint density at radius 2 is 1.94 bits per heavy atom. The quantitative estimate of drug-likeness (QED) is 0.747. The van der Waals surface area contributed by atoms with Crippen LogP contribution in [0.4, 0.5) is 0 Å². The molecule has 1 aromatic heterocycles. The van der Waals surface area contributed by atoms with E-state index in [2.05, 4.69) is 47.3 Å². The maximum absolute atomic E-state index is 5.66. The van der Waals surface area contributed by atoms with Crippen LogP contribution in [0.15, 0.2) is 48.8 Å². The van der Waals surface area contributed by atoms with Crippen LogP contribution >= 0.6 is 0 Å². The summed E-state index contributed by atoms with van der Waals surface area (Å²) in [6.07, 6.45) is 5.35. The third-order valence-corrected chi connectivity index (χ3v) is 3.18. The number of benzene rings is 1. The van der Waals surface area contributed by atoms with Gasteiger partial charge < -0.3 is 9.30 Å². The minimum absolute atomic E-state index is 0.581. The summed E-state index contributed by atoms with van der Waals surface area (Å²) in [5.74, 6) is 1.64. The lowest BCUT2D eigenvalue weighted by Crippen LogP contribution is -2.17. The lowest BCUT2D eigenvalue weighted by molar-refractivity contribution is 0.259. The first-order valence-corrected chi connectivity index (χ1v) is 5.76. The molecule has 1 aliphatic rings. The average molecular weight is 213 g/mol. The number of ether oxygens (including phenoxy) is 1. The van der Waals surface area contributed by atoms with Crippen LogP contribution in [-0.2, 0) is 6.54 Å². The highest BCUT2D eigenvalue weighted by molar-refractivity contribution is 5.37. The van der Waals surface area contributed by atoms with Crippen LogP contribution in [0.5, 0.6) is 5.75 Å². The number of hydrogen-bond donors (Lipinski definition) is 0. The molecule has 1 aromatic carbocycles. The van der Waals surface area contributed by atoms with Gasteiger partial charge in [0.1, 0.15) is 5.75 Å². The third kappa shape index (κ3) is 1.71. The Kier molecular flexibility index (Phi) is 2.41. The number of hydrogen-bond acceptors (Lipinski definition) is 1. The molecule has 82 valence electrons. The second-order valence-electron chi connectivity index (χ2n) is 4.25. The SMILES string of the molecule is c1ccc2c(c1)OCCC2Cn1cccc1. The van der Waals surface area contributed by atoms with Gasteiger partial charge >= 0.3 is 0 Å². The number of rotatable bonds is 2. The molecule has 0 N–H and O–H groups in total. The summed E-state index contributed by atoms with van der Waals surface area (Å²) in [6.45, 7) is 1.89. The summed E-state index contributed by atoms with van der Waals surface area (Å²) in [4.78, 5) is 0. The molecule has 1 aliphatic heterocycles. The third-order valence-electron chi connectivity index (χ3n) is 3.18. The summed E-state index contributed by atoms with van der Waals surface area (Å²) in [6, 6.07) is 12.5. The highest BCUT2D eigenvalue weighted by Gasteiger charge is 2.20. The zero-order chi connectivity index (χ0) is 10.8. The van der Waals surface area contributed by atoms with E-state index in [0.717, 1.165) is 25.3 Å². The van der Waals surface area contributed by atoms with Gasteiger partial charge in [-0.2, -0.15) is 0 Å². The summed E-state index contributed by atoms with van der Waals surface area (Å²) in [5.41, 5.74) is 1.35. The maximum Gasteiger partial charge on any atom is 0.122 e. The summed E-state index contributed by atoms with van der Waals surface area (Å²) in [5, 5.41) is 0. The van der Waals surface area contributed by atoms with Crippen molar-refractivity contribution in [1.82, 2.24) is 4.57 Å². The Bertz CT molecular complexity index is 461. The van der Waals surface area contributed by atoms with Crippen LogP contribution in [0.1, 0.15) is 17.9 Å². The predicted molar refractivity (Wildman–Crippen MR) is 63.7 cm³/mol. The van der Waals surface area contributed by atoms with E-state index in [-0.39, 0.29) is 0 Å². The van der Waals surface area contributed by atoms with Gasteiger partial charge in [0.25, 0.3) is 0 Å². The normalized spacial score (nSPS) is 18.9. The van der Waals surface area contributed by atoms with Crippen molar-refractivity contribution < 1.29 is 4.74 Å². The fourth-order valence-electron chi connectivity index (χ4n) is 2.35. The van der Waals surface area contributed by atoms with E-state index < -0.39 is 0 Å². The van der Waals surface area contributed by atoms with Crippen molar-refractivity contribution in [2.75, 3.05) is 6.61 Å². The van der Waals surface area contributed by atoms with Gasteiger partial charge in [-0.15, -0.1) is 0 Å². The molecule has 3 rings (SSSR count). The summed E-state index contributed by atoms with van der Waals surface area (Å²) in [7, 11) is 0. The molecule has 2 nitrogen and oxygen atoms in total. The van der Waals surface area contributed by atoms with Gasteiger partial charge in [0, 0.05) is 24.9 Å². The van der Waals surface area contributed by atoms with E-state index in [1.807, 2.05) is 6.07 Å². The van der Waals surface area contributed by atoms with E-state index in [0.29, 0.717) is 5.92 Å². The Morgan fingerprint density at radius 3 is 2.81 bits per heavy atom. The van der Waals surface area contributed by atoms with Gasteiger partial charge in [-0.1, -0.05) is 18.2 Å². The van der Waals surface area contributed by atoms with E-state index in [1.165, 1.54) is 5.56 Å². The molecule has 2 heteroatoms. The molecule has 0 bridgehead atoms. The Hall–Kier alpha value is -1.70. The zero-order valence-electron chi connectivity index (χ0n) is 9.17. The van der Waals surface area contributed by atoms with Crippen LogP contribution in [0.25, 0.3) is 0 Å². The molecule has 16 heavy (non-hydrogen) atoms. The highest BCUT2D eigenvalue weighted by atomic mass is 16.5. The minimum atomic E-state index is 0.581. The van der Waals surface area contributed by atoms with Crippen molar-refractivity contribution in [1.29, 1.82) is 0 Å². The standard InChI is InChI=1S/C14H15NO/c1-2-6-14-13(5-1)12(7-10-16-14)11-15-8-3-4-9-15/h1-6,8-9,12H,7,10-11H2. The maximum atomic E-state index is 5.66. The van der Waals surface area contributed by atoms with Crippen LogP contribution in [0.3, 0.4) is 0 Å². The fraction of sp³-hybridized carbons (Fsp3) is 0.286. The van der Waals surface area contributed by atoms with Gasteiger partial charge in [0.2, 0.25) is 0 Å². The first kappa shape index (κ1) is 9.52. The first-order chi connectivity index (χ1) is 7.93. The molecule has 0 fully saturated rings. The molecule has 2 aromatic rings. The fourth-order valence-corrected chi connectivity index (χ4v) is 2.35. The second-order valence-corrected chi connectivity index (χ2v) is 4.25. The zero-order valence-corrected chi connectivity index (χ0v) is 9.17. The highest BCUT2D eigenvalue weighted by Crippen LogP contribution is 2.34. The van der Waals surface area contributed by atoms with Gasteiger partial charge in [0.05, 0.1) is 6.61 Å². The van der Waals surface area contributed by atoms with Crippen LogP contribution in [0, 0.1) is 0 Å². The molecule has 0 spiro atoms. The van der Waals surface area contributed by atoms with E-state index in [1.54, 1.807) is 0 Å². The van der Waals surface area contributed by atoms with Crippen molar-refractivity contribution in [2.45, 2.75) is 18.9 Å². The van der Waals surface area contributed by atoms with Crippen LogP contribution in [-0.4, -0.2) is 11.2 Å². The smallest absolute Gasteiger partial charge is 0.122 e. The number of fused-ring (bicyclic) bond motifs is 1. The van der Waals surface area contributed by atoms with Crippen LogP contribution < -0.4 is 4.74 Å². The summed E-state index contributed by atoms with van der Waals surface area (Å²) >= 11 is 0. The Morgan fingerprint density at radius 1 is 1.12 bits per heavy atom. The topological polar surface area (TPSA) is 14.2 Å². The molecule has 0 saturated heterocycles. The summed E-state index contributed by atoms with van der Waals surface area (Å²) < 4.78 is 7.91. The van der Waals surface area contributed by atoms with Crippen molar-refractivity contribution >= 4 is 0 Å². The lowest BCUT2D eigenvalue weighted by Gasteiger charge is -2.26. The minimum Gasteiger partial charge on any atom is -0.493 e. The first-order valence-electron chi connectivity index (χ1n) is 5.76. The molecular weight excluding hydrogens is 198 g/mol. The predicted octanol–water partition coefficient (Wildman–Crippen LogP) is 3.05. The average Bonchev–Trinajstić information content (AvgIpc) is 2.82. The Balaban J connectivity index is 1.87. The van der Waals surface area contributed by atoms with Gasteiger partial charge in [0.15, 0.2) is 0 Å². The molecule has 2 heterocycles. The molecule has 1 unspecified atom stereocenters. The molecule has 0 amide bonds. The van der Waals surface area contributed by atoms with Crippen molar-refractivity contribution in [3.05, 3.63) is 54.4 Å². The van der Waals surface area contributed by atoms with Crippen molar-refractivity contribution in [2.24, 2.45) is 0 Å². The Labute approximate surface area is 95.5 Å². The second kappa shape index (κ2) is 4.05. The monoisotopic (exact) mass is 213 g/mol. The van der Waals surface area contributed by atoms with E-state index in [9.17, 15) is 0 Å². The molecule has 1 atom stereocenters. The molecule has 0 radical (unpaired) electrons. The number of aromatic nitrogens is 1. The number of nitrogens with zero attached hydrogens (tertiary/aromatic N) is 1.